The lowest BCUT2D eigenvalue weighted by molar-refractivity contribution is -0.126. The molecule has 2 N–H and O–H groups in total. The van der Waals surface area contributed by atoms with Crippen LogP contribution >= 0.6 is 0 Å². The number of nitrogens with zero attached hydrogens (tertiary/aromatic N) is 1. The van der Waals surface area contributed by atoms with Crippen LogP contribution in [0.15, 0.2) is 65.6 Å². The molecule has 2 aromatic rings. The van der Waals surface area contributed by atoms with Crippen LogP contribution in [0.2, 0.25) is 0 Å². The molecule has 1 heterocycles. The summed E-state index contributed by atoms with van der Waals surface area (Å²) >= 11 is 0. The lowest BCUT2D eigenvalue weighted by atomic mass is 10.1. The molecule has 1 aliphatic rings. The van der Waals surface area contributed by atoms with Gasteiger partial charge in [0.1, 0.15) is 0 Å². The highest BCUT2D eigenvalue weighted by molar-refractivity contribution is 7.89. The van der Waals surface area contributed by atoms with Crippen molar-refractivity contribution < 1.29 is 22.7 Å². The molecule has 2 aromatic carbocycles. The highest BCUT2D eigenvalue weighted by atomic mass is 32.2. The molecule has 2 amide bonds. The molecule has 0 aromatic heterocycles. The first-order chi connectivity index (χ1) is 14.4. The molecule has 1 fully saturated rings. The number of sulfonamides is 1. The Morgan fingerprint density at radius 3 is 2.30 bits per heavy atom. The summed E-state index contributed by atoms with van der Waals surface area (Å²) in [5, 5.41) is 0. The van der Waals surface area contributed by atoms with E-state index >= 15 is 0 Å². The molecular formula is C21H23N3O5S. The third-order valence-electron chi connectivity index (χ3n) is 4.45. The number of amides is 2. The van der Waals surface area contributed by atoms with Gasteiger partial charge in [0.05, 0.1) is 24.5 Å². The van der Waals surface area contributed by atoms with Crippen molar-refractivity contribution in [3.8, 4) is 0 Å². The largest absolute Gasteiger partial charge is 0.379 e. The first-order valence-corrected chi connectivity index (χ1v) is 10.9. The van der Waals surface area contributed by atoms with E-state index < -0.39 is 15.9 Å². The van der Waals surface area contributed by atoms with Gasteiger partial charge in [-0.05, 0) is 29.3 Å². The Labute approximate surface area is 175 Å². The molecule has 0 unspecified atom stereocenters. The fourth-order valence-electron chi connectivity index (χ4n) is 2.86. The van der Waals surface area contributed by atoms with Gasteiger partial charge in [-0.1, -0.05) is 42.5 Å². The van der Waals surface area contributed by atoms with E-state index in [2.05, 4.69) is 10.9 Å². The topological polar surface area (TPSA) is 105 Å². The normalized spacial score (nSPS) is 15.1. The molecule has 0 aliphatic carbocycles. The van der Waals surface area contributed by atoms with Crippen molar-refractivity contribution in [3.63, 3.8) is 0 Å². The average Bonchev–Trinajstić information content (AvgIpc) is 2.78. The van der Waals surface area contributed by atoms with E-state index in [0.717, 1.165) is 5.56 Å². The highest BCUT2D eigenvalue weighted by Crippen LogP contribution is 2.18. The second-order valence-corrected chi connectivity index (χ2v) is 8.56. The van der Waals surface area contributed by atoms with Crippen LogP contribution in [0.3, 0.4) is 0 Å². The molecule has 0 bridgehead atoms. The van der Waals surface area contributed by atoms with Gasteiger partial charge in [0.2, 0.25) is 15.9 Å². The van der Waals surface area contributed by atoms with Crippen molar-refractivity contribution >= 4 is 27.9 Å². The summed E-state index contributed by atoms with van der Waals surface area (Å²) in [6, 6.07) is 15.4. The molecule has 8 nitrogen and oxygen atoms in total. The number of carbonyl (C=O) groups is 2. The highest BCUT2D eigenvalue weighted by Gasteiger charge is 2.25. The number of morpholine rings is 1. The zero-order chi connectivity index (χ0) is 21.4. The van der Waals surface area contributed by atoms with Crippen LogP contribution < -0.4 is 10.9 Å². The summed E-state index contributed by atoms with van der Waals surface area (Å²) in [4.78, 5) is 23.9. The number of rotatable bonds is 6. The summed E-state index contributed by atoms with van der Waals surface area (Å²) in [6.45, 7) is 1.44. The molecule has 1 saturated heterocycles. The summed E-state index contributed by atoms with van der Waals surface area (Å²) in [7, 11) is -3.55. The number of carbonyl (C=O) groups excluding carboxylic acids is 2. The summed E-state index contributed by atoms with van der Waals surface area (Å²) < 4.78 is 31.8. The Morgan fingerprint density at radius 1 is 0.967 bits per heavy atom. The zero-order valence-corrected chi connectivity index (χ0v) is 17.1. The molecule has 0 saturated carbocycles. The Morgan fingerprint density at radius 2 is 1.63 bits per heavy atom. The number of hydrazine groups is 1. The monoisotopic (exact) mass is 429 g/mol. The Hall–Kier alpha value is -3.01. The van der Waals surface area contributed by atoms with Gasteiger partial charge < -0.3 is 4.74 Å². The first kappa shape index (κ1) is 21.7. The van der Waals surface area contributed by atoms with Gasteiger partial charge in [0.25, 0.3) is 5.91 Å². The third kappa shape index (κ3) is 5.99. The van der Waals surface area contributed by atoms with Crippen LogP contribution in [0.25, 0.3) is 6.08 Å². The van der Waals surface area contributed by atoms with E-state index in [9.17, 15) is 18.0 Å². The van der Waals surface area contributed by atoms with Crippen molar-refractivity contribution in [3.05, 3.63) is 71.8 Å². The van der Waals surface area contributed by atoms with Gasteiger partial charge in [-0.25, -0.2) is 8.42 Å². The maximum Gasteiger partial charge on any atom is 0.262 e. The number of hydrogen-bond acceptors (Lipinski definition) is 5. The molecule has 3 rings (SSSR count). The molecular weight excluding hydrogens is 406 g/mol. The molecule has 30 heavy (non-hydrogen) atoms. The van der Waals surface area contributed by atoms with E-state index in [1.165, 1.54) is 28.6 Å². The van der Waals surface area contributed by atoms with E-state index in [-0.39, 0.29) is 17.2 Å². The fourth-order valence-corrected chi connectivity index (χ4v) is 4.27. The number of nitrogens with one attached hydrogen (secondary N) is 2. The van der Waals surface area contributed by atoms with E-state index in [4.69, 9.17) is 4.74 Å². The predicted molar refractivity (Wildman–Crippen MR) is 111 cm³/mol. The molecule has 0 radical (unpaired) electrons. The lowest BCUT2D eigenvalue weighted by Gasteiger charge is -2.26. The number of hydrogen-bond donors (Lipinski definition) is 2. The van der Waals surface area contributed by atoms with Gasteiger partial charge in [0.15, 0.2) is 0 Å². The van der Waals surface area contributed by atoms with Crippen LogP contribution in [0.5, 0.6) is 0 Å². The maximum atomic E-state index is 12.6. The number of benzene rings is 2. The van der Waals surface area contributed by atoms with Gasteiger partial charge in [-0.2, -0.15) is 4.31 Å². The first-order valence-electron chi connectivity index (χ1n) is 9.44. The van der Waals surface area contributed by atoms with Crippen LogP contribution in [0, 0.1) is 0 Å². The summed E-state index contributed by atoms with van der Waals surface area (Å²) in [5.74, 6) is -0.831. The Balaban J connectivity index is 1.50. The van der Waals surface area contributed by atoms with Crippen LogP contribution in [0.4, 0.5) is 0 Å². The minimum Gasteiger partial charge on any atom is -0.379 e. The van der Waals surface area contributed by atoms with Gasteiger partial charge >= 0.3 is 0 Å². The van der Waals surface area contributed by atoms with Gasteiger partial charge in [-0.15, -0.1) is 0 Å². The smallest absolute Gasteiger partial charge is 0.262 e. The quantitative estimate of drug-likeness (QED) is 0.529. The van der Waals surface area contributed by atoms with E-state index in [1.54, 1.807) is 12.1 Å². The van der Waals surface area contributed by atoms with Gasteiger partial charge in [-0.3, -0.25) is 20.4 Å². The zero-order valence-electron chi connectivity index (χ0n) is 16.3. The standard InChI is InChI=1S/C21H23N3O5S/c25-20(22-23-21(26)16-18-4-2-1-3-5-18)11-8-17-6-9-19(10-7-17)30(27,28)24-12-14-29-15-13-24/h1-11H,12-16H2,(H,22,25)(H,23,26)/b11-8+. The summed E-state index contributed by atoms with van der Waals surface area (Å²) in [6.07, 6.45) is 2.95. The fraction of sp³-hybridized carbons (Fsp3) is 0.238. The molecule has 9 heteroatoms. The molecule has 158 valence electrons. The minimum atomic E-state index is -3.55. The minimum absolute atomic E-state index is 0.157. The Kier molecular flexibility index (Phi) is 7.34. The second-order valence-electron chi connectivity index (χ2n) is 6.62. The second kappa shape index (κ2) is 10.1. The Bertz CT molecular complexity index is 999. The molecule has 1 aliphatic heterocycles. The SMILES string of the molecule is O=C(/C=C/c1ccc(S(=O)(=O)N2CCOCC2)cc1)NNC(=O)Cc1ccccc1. The van der Waals surface area contributed by atoms with Crippen molar-refractivity contribution in [2.75, 3.05) is 26.3 Å². The van der Waals surface area contributed by atoms with E-state index in [1.807, 2.05) is 30.3 Å². The summed E-state index contributed by atoms with van der Waals surface area (Å²) in [5.41, 5.74) is 6.15. The van der Waals surface area contributed by atoms with Crippen LogP contribution in [-0.4, -0.2) is 50.8 Å². The lowest BCUT2D eigenvalue weighted by Crippen LogP contribution is -2.41. The van der Waals surface area contributed by atoms with Crippen molar-refractivity contribution in [1.82, 2.24) is 15.2 Å². The van der Waals surface area contributed by atoms with Crippen LogP contribution in [-0.2, 0) is 30.8 Å². The van der Waals surface area contributed by atoms with Crippen molar-refractivity contribution in [2.24, 2.45) is 0 Å². The van der Waals surface area contributed by atoms with E-state index in [0.29, 0.717) is 31.9 Å². The van der Waals surface area contributed by atoms with Crippen LogP contribution in [0.1, 0.15) is 11.1 Å². The third-order valence-corrected chi connectivity index (χ3v) is 6.36. The van der Waals surface area contributed by atoms with Crippen molar-refractivity contribution in [2.45, 2.75) is 11.3 Å². The number of ether oxygens (including phenoxy) is 1. The van der Waals surface area contributed by atoms with Crippen molar-refractivity contribution in [1.29, 1.82) is 0 Å². The molecule has 0 spiro atoms. The predicted octanol–water partition coefficient (Wildman–Crippen LogP) is 1.11. The average molecular weight is 429 g/mol. The van der Waals surface area contributed by atoms with Gasteiger partial charge in [0, 0.05) is 19.2 Å². The molecule has 0 atom stereocenters. The maximum absolute atomic E-state index is 12.6.